The molecule has 1 unspecified atom stereocenters. The molecule has 6 heteroatoms. The lowest BCUT2D eigenvalue weighted by atomic mass is 9.90. The predicted octanol–water partition coefficient (Wildman–Crippen LogP) is 1.55. The lowest BCUT2D eigenvalue weighted by Gasteiger charge is -2.20. The fraction of sp³-hybridized carbons (Fsp3) is 0.643. The van der Waals surface area contributed by atoms with Crippen LogP contribution in [-0.4, -0.2) is 40.1 Å². The van der Waals surface area contributed by atoms with Gasteiger partial charge in [-0.15, -0.1) is 0 Å². The Labute approximate surface area is 117 Å². The molecule has 1 aromatic rings. The molecule has 0 bridgehead atoms. The summed E-state index contributed by atoms with van der Waals surface area (Å²) in [6.07, 6.45) is 1.46. The van der Waals surface area contributed by atoms with Gasteiger partial charge in [-0.2, -0.15) is 0 Å². The van der Waals surface area contributed by atoms with Crippen LogP contribution in [0.4, 0.5) is 0 Å². The molecule has 1 aliphatic rings. The number of carbonyl (C=O) groups excluding carboxylic acids is 1. The second kappa shape index (κ2) is 5.26. The van der Waals surface area contributed by atoms with Crippen LogP contribution in [0.1, 0.15) is 36.8 Å². The lowest BCUT2D eigenvalue weighted by molar-refractivity contribution is -0.147. The first-order valence-electron chi connectivity index (χ1n) is 6.76. The molecule has 1 saturated heterocycles. The minimum atomic E-state index is -0.835. The Bertz CT molecular complexity index is 518. The van der Waals surface area contributed by atoms with Crippen molar-refractivity contribution in [2.45, 2.75) is 40.0 Å². The van der Waals surface area contributed by atoms with E-state index in [-0.39, 0.29) is 5.91 Å². The number of amides is 1. The molecule has 1 atom stereocenters. The third kappa shape index (κ3) is 2.69. The average molecular weight is 280 g/mol. The van der Waals surface area contributed by atoms with Crippen LogP contribution in [0.2, 0.25) is 0 Å². The number of aromatic nitrogens is 1. The minimum Gasteiger partial charge on any atom is -0.481 e. The molecule has 1 aliphatic heterocycles. The lowest BCUT2D eigenvalue weighted by Crippen LogP contribution is -2.35. The average Bonchev–Trinajstić information content (AvgIpc) is 2.93. The van der Waals surface area contributed by atoms with E-state index in [1.807, 2.05) is 13.8 Å². The number of aliphatic carboxylic acids is 1. The molecule has 0 spiro atoms. The fourth-order valence-electron chi connectivity index (χ4n) is 2.60. The molecule has 6 nitrogen and oxygen atoms in total. The summed E-state index contributed by atoms with van der Waals surface area (Å²) in [6.45, 7) is 6.19. The summed E-state index contributed by atoms with van der Waals surface area (Å²) in [7, 11) is 0. The Kier molecular flexibility index (Phi) is 3.83. The van der Waals surface area contributed by atoms with E-state index in [1.165, 1.54) is 0 Å². The number of nitrogens with zero attached hydrogens (tertiary/aromatic N) is 2. The molecule has 110 valence electrons. The van der Waals surface area contributed by atoms with Gasteiger partial charge in [0.1, 0.15) is 5.76 Å². The van der Waals surface area contributed by atoms with Crippen LogP contribution < -0.4 is 0 Å². The van der Waals surface area contributed by atoms with Gasteiger partial charge in [0.15, 0.2) is 0 Å². The second-order valence-electron chi connectivity index (χ2n) is 5.73. The van der Waals surface area contributed by atoms with Crippen molar-refractivity contribution in [2.75, 3.05) is 13.1 Å². The van der Waals surface area contributed by atoms with Crippen molar-refractivity contribution in [1.82, 2.24) is 10.1 Å². The van der Waals surface area contributed by atoms with Gasteiger partial charge in [-0.25, -0.2) is 0 Å². The van der Waals surface area contributed by atoms with Crippen LogP contribution in [0.15, 0.2) is 4.52 Å². The smallest absolute Gasteiger partial charge is 0.311 e. The number of hydrogen-bond donors (Lipinski definition) is 1. The summed E-state index contributed by atoms with van der Waals surface area (Å²) in [5.41, 5.74) is 0.976. The van der Waals surface area contributed by atoms with Gasteiger partial charge in [-0.1, -0.05) is 5.16 Å². The number of hydrogen-bond acceptors (Lipinski definition) is 4. The SMILES string of the molecule is Cc1noc(C)c1CCC(=O)N1CCC(C)(C(=O)O)C1. The summed E-state index contributed by atoms with van der Waals surface area (Å²) >= 11 is 0. The number of rotatable bonds is 4. The van der Waals surface area contributed by atoms with Crippen molar-refractivity contribution in [2.24, 2.45) is 5.41 Å². The van der Waals surface area contributed by atoms with Gasteiger partial charge in [-0.3, -0.25) is 9.59 Å². The van der Waals surface area contributed by atoms with Gasteiger partial charge >= 0.3 is 5.97 Å². The molecular weight excluding hydrogens is 260 g/mol. The molecular formula is C14H20N2O4. The van der Waals surface area contributed by atoms with Crippen LogP contribution in [0.25, 0.3) is 0 Å². The molecule has 0 saturated carbocycles. The summed E-state index contributed by atoms with van der Waals surface area (Å²) in [6, 6.07) is 0. The summed E-state index contributed by atoms with van der Waals surface area (Å²) in [5, 5.41) is 13.0. The Morgan fingerprint density at radius 3 is 2.65 bits per heavy atom. The summed E-state index contributed by atoms with van der Waals surface area (Å²) in [4.78, 5) is 25.0. The number of likely N-dealkylation sites (tertiary alicyclic amines) is 1. The number of carbonyl (C=O) groups is 2. The second-order valence-corrected chi connectivity index (χ2v) is 5.73. The maximum Gasteiger partial charge on any atom is 0.311 e. The van der Waals surface area contributed by atoms with E-state index in [0.29, 0.717) is 32.4 Å². The highest BCUT2D eigenvalue weighted by atomic mass is 16.5. The fourth-order valence-corrected chi connectivity index (χ4v) is 2.60. The van der Waals surface area contributed by atoms with Crippen molar-refractivity contribution in [3.63, 3.8) is 0 Å². The van der Waals surface area contributed by atoms with Gasteiger partial charge in [0, 0.05) is 25.1 Å². The van der Waals surface area contributed by atoms with E-state index in [2.05, 4.69) is 5.16 Å². The first kappa shape index (κ1) is 14.6. The van der Waals surface area contributed by atoms with Gasteiger partial charge in [-0.05, 0) is 33.6 Å². The topological polar surface area (TPSA) is 83.6 Å². The molecule has 20 heavy (non-hydrogen) atoms. The Morgan fingerprint density at radius 2 is 2.15 bits per heavy atom. The highest BCUT2D eigenvalue weighted by Crippen LogP contribution is 2.30. The molecule has 1 aromatic heterocycles. The third-order valence-corrected chi connectivity index (χ3v) is 4.11. The van der Waals surface area contributed by atoms with Crippen LogP contribution in [-0.2, 0) is 16.0 Å². The molecule has 1 fully saturated rings. The van der Waals surface area contributed by atoms with Gasteiger partial charge in [0.2, 0.25) is 5.91 Å². The zero-order valence-corrected chi connectivity index (χ0v) is 12.1. The Hall–Kier alpha value is -1.85. The van der Waals surface area contributed by atoms with Gasteiger partial charge in [0.25, 0.3) is 0 Å². The third-order valence-electron chi connectivity index (χ3n) is 4.11. The largest absolute Gasteiger partial charge is 0.481 e. The van der Waals surface area contributed by atoms with E-state index >= 15 is 0 Å². The van der Waals surface area contributed by atoms with E-state index in [1.54, 1.807) is 11.8 Å². The van der Waals surface area contributed by atoms with Crippen molar-refractivity contribution in [1.29, 1.82) is 0 Å². The van der Waals surface area contributed by atoms with Crippen LogP contribution >= 0.6 is 0 Å². The molecule has 0 aromatic carbocycles. The van der Waals surface area contributed by atoms with Gasteiger partial charge in [0.05, 0.1) is 11.1 Å². The van der Waals surface area contributed by atoms with Crippen molar-refractivity contribution < 1.29 is 19.2 Å². The molecule has 0 aliphatic carbocycles. The van der Waals surface area contributed by atoms with Crippen molar-refractivity contribution in [3.05, 3.63) is 17.0 Å². The molecule has 1 N–H and O–H groups in total. The highest BCUT2D eigenvalue weighted by molar-refractivity contribution is 5.80. The zero-order valence-electron chi connectivity index (χ0n) is 12.1. The Balaban J connectivity index is 1.93. The zero-order chi connectivity index (χ0) is 14.9. The standard InChI is InChI=1S/C14H20N2O4/c1-9-11(10(2)20-15-9)4-5-12(17)16-7-6-14(3,8-16)13(18)19/h4-8H2,1-3H3,(H,18,19). The molecule has 0 radical (unpaired) electrons. The number of aryl methyl sites for hydroxylation is 2. The molecule has 1 amide bonds. The van der Waals surface area contributed by atoms with E-state index < -0.39 is 11.4 Å². The quantitative estimate of drug-likeness (QED) is 0.904. The Morgan fingerprint density at radius 1 is 1.45 bits per heavy atom. The molecule has 2 rings (SSSR count). The van der Waals surface area contributed by atoms with Crippen molar-refractivity contribution in [3.8, 4) is 0 Å². The van der Waals surface area contributed by atoms with Crippen LogP contribution in [0.5, 0.6) is 0 Å². The monoisotopic (exact) mass is 280 g/mol. The first-order chi connectivity index (χ1) is 9.33. The number of carboxylic acid groups (broad SMARTS) is 1. The summed E-state index contributed by atoms with van der Waals surface area (Å²) < 4.78 is 5.06. The normalized spacial score (nSPS) is 22.2. The van der Waals surface area contributed by atoms with Gasteiger partial charge < -0.3 is 14.5 Å². The van der Waals surface area contributed by atoms with Crippen molar-refractivity contribution >= 4 is 11.9 Å². The first-order valence-corrected chi connectivity index (χ1v) is 6.76. The van der Waals surface area contributed by atoms with Crippen LogP contribution in [0, 0.1) is 19.3 Å². The predicted molar refractivity (Wildman–Crippen MR) is 71.2 cm³/mol. The number of carboxylic acids is 1. The maximum atomic E-state index is 12.2. The maximum absolute atomic E-state index is 12.2. The van der Waals surface area contributed by atoms with E-state index in [4.69, 9.17) is 9.63 Å². The van der Waals surface area contributed by atoms with E-state index in [0.717, 1.165) is 17.0 Å². The minimum absolute atomic E-state index is 0.00465. The summed E-state index contributed by atoms with van der Waals surface area (Å²) in [5.74, 6) is -0.0967. The van der Waals surface area contributed by atoms with E-state index in [9.17, 15) is 9.59 Å². The molecule has 2 heterocycles. The van der Waals surface area contributed by atoms with Crippen LogP contribution in [0.3, 0.4) is 0 Å². The highest BCUT2D eigenvalue weighted by Gasteiger charge is 2.41.